The number of nitrogens with zero attached hydrogens (tertiary/aromatic N) is 1. The fourth-order valence-electron chi connectivity index (χ4n) is 1.28. The van der Waals surface area contributed by atoms with Crippen molar-refractivity contribution in [1.82, 2.24) is 4.98 Å². The van der Waals surface area contributed by atoms with Gasteiger partial charge in [0.2, 0.25) is 0 Å². The van der Waals surface area contributed by atoms with E-state index in [1.54, 1.807) is 0 Å². The minimum Gasteiger partial charge on any atom is -0.349 e. The van der Waals surface area contributed by atoms with Crippen molar-refractivity contribution in [2.45, 2.75) is 20.3 Å². The minimum atomic E-state index is 0. The van der Waals surface area contributed by atoms with E-state index in [1.165, 1.54) is 5.22 Å². The number of rotatable bonds is 0. The maximum Gasteiger partial charge on any atom is 3.00 e. The minimum absolute atomic E-state index is 0. The number of pyridine rings is 1. The molecule has 0 spiro atoms. The fourth-order valence-corrected chi connectivity index (χ4v) is 1.28. The summed E-state index contributed by atoms with van der Waals surface area (Å²) in [4.78, 5) is 4.44. The van der Waals surface area contributed by atoms with Crippen molar-refractivity contribution in [3.05, 3.63) is 27.9 Å². The molecule has 12 heavy (non-hydrogen) atoms. The van der Waals surface area contributed by atoms with E-state index in [2.05, 4.69) is 30.1 Å². The van der Waals surface area contributed by atoms with Crippen LogP contribution in [0.25, 0.3) is 12.2 Å². The quantitative estimate of drug-likeness (QED) is 0.593. The molecular weight excluding hydrogens is 223 g/mol. The molecule has 0 N–H and O–H groups in total. The van der Waals surface area contributed by atoms with E-state index in [0.717, 1.165) is 23.0 Å². The molecule has 2 rings (SSSR count). The third kappa shape index (κ3) is 1.67. The third-order valence-electron chi connectivity index (χ3n) is 2.06. The standard InChI is InChI=1S/C10H10N.Y/c1-7-6-9-4-3-5-10(9)11-8(7)2;/h4-5H,3H2,1-2H3;/q-1;+3. The van der Waals surface area contributed by atoms with Crippen LogP contribution < -0.4 is 10.6 Å². The van der Waals surface area contributed by atoms with Crippen LogP contribution in [-0.4, -0.2) is 4.98 Å². The Balaban J connectivity index is 0.000000720. The Morgan fingerprint density at radius 1 is 1.33 bits per heavy atom. The van der Waals surface area contributed by atoms with Crippen LogP contribution in [0.3, 0.4) is 0 Å². The molecule has 0 saturated heterocycles. The summed E-state index contributed by atoms with van der Waals surface area (Å²) in [6.07, 6.45) is 5.31. The van der Waals surface area contributed by atoms with Gasteiger partial charge in [0, 0.05) is 0 Å². The van der Waals surface area contributed by atoms with Crippen molar-refractivity contribution in [3.8, 4) is 0 Å². The third-order valence-corrected chi connectivity index (χ3v) is 2.06. The Labute approximate surface area is 97.5 Å². The molecule has 1 aliphatic carbocycles. The van der Waals surface area contributed by atoms with Gasteiger partial charge in [0.25, 0.3) is 0 Å². The van der Waals surface area contributed by atoms with Crippen LogP contribution in [0.15, 0.2) is 0 Å². The summed E-state index contributed by atoms with van der Waals surface area (Å²) in [5.74, 6) is 0. The number of fused-ring (bicyclic) bond motifs is 1. The zero-order valence-corrected chi connectivity index (χ0v) is 10.2. The molecule has 0 atom stereocenters. The molecule has 0 amide bonds. The molecule has 1 heterocycles. The second-order valence-corrected chi connectivity index (χ2v) is 2.89. The van der Waals surface area contributed by atoms with Crippen LogP contribution in [0.4, 0.5) is 0 Å². The van der Waals surface area contributed by atoms with Crippen molar-refractivity contribution in [3.63, 3.8) is 0 Å². The summed E-state index contributed by atoms with van der Waals surface area (Å²) in [5.41, 5.74) is 2.26. The van der Waals surface area contributed by atoms with Gasteiger partial charge in [-0.2, -0.15) is 6.08 Å². The molecule has 0 unspecified atom stereocenters. The van der Waals surface area contributed by atoms with Crippen LogP contribution in [-0.2, 0) is 32.7 Å². The smallest absolute Gasteiger partial charge is 0.349 e. The van der Waals surface area contributed by atoms with Gasteiger partial charge in [0.05, 0.1) is 0 Å². The number of hydrogen-bond acceptors (Lipinski definition) is 1. The van der Waals surface area contributed by atoms with E-state index < -0.39 is 0 Å². The summed E-state index contributed by atoms with van der Waals surface area (Å²) in [5, 5.41) is 2.28. The first-order chi connectivity index (χ1) is 5.27. The molecule has 0 radical (unpaired) electrons. The number of aryl methyl sites for hydroxylation is 2. The van der Waals surface area contributed by atoms with Gasteiger partial charge in [-0.3, -0.25) is 0 Å². The van der Waals surface area contributed by atoms with Gasteiger partial charge >= 0.3 is 32.7 Å². The molecule has 1 aliphatic rings. The molecule has 0 bridgehead atoms. The Bertz CT molecular complexity index is 368. The molecule has 0 aliphatic heterocycles. The predicted molar refractivity (Wildman–Crippen MR) is 45.3 cm³/mol. The second-order valence-electron chi connectivity index (χ2n) is 2.89. The second kappa shape index (κ2) is 3.80. The summed E-state index contributed by atoms with van der Waals surface area (Å²) < 4.78 is 0. The largest absolute Gasteiger partial charge is 3.00 e. The molecule has 0 saturated carbocycles. The molecule has 2 heteroatoms. The van der Waals surface area contributed by atoms with Crippen LogP contribution in [0.5, 0.6) is 0 Å². The maximum absolute atomic E-state index is 4.44. The SMILES string of the molecule is Cc1[c-]c2c(nc1C)=CCC=2.[Y+3]. The van der Waals surface area contributed by atoms with E-state index in [-0.39, 0.29) is 32.7 Å². The molecule has 1 aromatic heterocycles. The van der Waals surface area contributed by atoms with Crippen LogP contribution in [0.2, 0.25) is 0 Å². The number of hydrogen-bond donors (Lipinski definition) is 0. The van der Waals surface area contributed by atoms with Crippen molar-refractivity contribution in [1.29, 1.82) is 0 Å². The van der Waals surface area contributed by atoms with Gasteiger partial charge in [-0.15, -0.1) is 22.9 Å². The maximum atomic E-state index is 4.44. The fraction of sp³-hybridized carbons (Fsp3) is 0.300. The average molecular weight is 233 g/mol. The first-order valence-corrected chi connectivity index (χ1v) is 3.84. The first-order valence-electron chi connectivity index (χ1n) is 3.84. The van der Waals surface area contributed by atoms with Gasteiger partial charge in [-0.25, -0.2) is 0 Å². The van der Waals surface area contributed by atoms with Gasteiger partial charge in [0.15, 0.2) is 0 Å². The first kappa shape index (κ1) is 10.1. The summed E-state index contributed by atoms with van der Waals surface area (Å²) in [6.45, 7) is 4.08. The Kier molecular flexibility index (Phi) is 3.19. The monoisotopic (exact) mass is 233 g/mol. The molecule has 56 valence electrons. The van der Waals surface area contributed by atoms with Gasteiger partial charge < -0.3 is 4.98 Å². The molecule has 0 aromatic carbocycles. The van der Waals surface area contributed by atoms with Crippen molar-refractivity contribution in [2.75, 3.05) is 0 Å². The van der Waals surface area contributed by atoms with Crippen molar-refractivity contribution < 1.29 is 32.7 Å². The Hall–Kier alpha value is -0.00610. The molecular formula is C10H10NY+2. The van der Waals surface area contributed by atoms with Crippen LogP contribution in [0.1, 0.15) is 17.7 Å². The number of aromatic nitrogens is 1. The molecule has 1 nitrogen and oxygen atoms in total. The van der Waals surface area contributed by atoms with Gasteiger partial charge in [0.1, 0.15) is 0 Å². The zero-order chi connectivity index (χ0) is 7.84. The van der Waals surface area contributed by atoms with Gasteiger partial charge in [-0.1, -0.05) is 20.3 Å². The average Bonchev–Trinajstić information content (AvgIpc) is 2.36. The van der Waals surface area contributed by atoms with E-state index in [4.69, 9.17) is 0 Å². The van der Waals surface area contributed by atoms with E-state index in [0.29, 0.717) is 0 Å². The summed E-state index contributed by atoms with van der Waals surface area (Å²) in [7, 11) is 0. The summed E-state index contributed by atoms with van der Waals surface area (Å²) in [6, 6.07) is 3.31. The van der Waals surface area contributed by atoms with E-state index in [1.807, 2.05) is 6.92 Å². The Morgan fingerprint density at radius 2 is 2.08 bits per heavy atom. The Morgan fingerprint density at radius 3 is 2.83 bits per heavy atom. The molecule has 0 fully saturated rings. The molecule has 1 aromatic rings. The summed E-state index contributed by atoms with van der Waals surface area (Å²) >= 11 is 0. The normalized spacial score (nSPS) is 12.5. The van der Waals surface area contributed by atoms with E-state index >= 15 is 0 Å². The topological polar surface area (TPSA) is 12.9 Å². The van der Waals surface area contributed by atoms with Crippen LogP contribution in [0, 0.1) is 19.9 Å². The van der Waals surface area contributed by atoms with Crippen molar-refractivity contribution in [2.24, 2.45) is 0 Å². The zero-order valence-electron chi connectivity index (χ0n) is 7.39. The van der Waals surface area contributed by atoms with Crippen LogP contribution >= 0.6 is 0 Å². The predicted octanol–water partition coefficient (Wildman–Crippen LogP) is 0.461. The van der Waals surface area contributed by atoms with Crippen molar-refractivity contribution >= 4 is 12.2 Å². The van der Waals surface area contributed by atoms with E-state index in [9.17, 15) is 0 Å². The van der Waals surface area contributed by atoms with Gasteiger partial charge in [-0.05, 0) is 11.0 Å².